The van der Waals surface area contributed by atoms with Gasteiger partial charge < -0.3 is 26.1 Å². The van der Waals surface area contributed by atoms with Crippen LogP contribution < -0.4 is 16.0 Å². The summed E-state index contributed by atoms with van der Waals surface area (Å²) in [5.74, 6) is 0. The van der Waals surface area contributed by atoms with Crippen LogP contribution in [0.25, 0.3) is 0 Å². The largest absolute Gasteiger partial charge is 0.444 e. The van der Waals surface area contributed by atoms with Gasteiger partial charge in [-0.05, 0) is 26.8 Å². The number of rotatable bonds is 6. The van der Waals surface area contributed by atoms with E-state index < -0.39 is 16.6 Å². The fourth-order valence-corrected chi connectivity index (χ4v) is 1.95. The molecule has 0 atom stereocenters. The zero-order chi connectivity index (χ0) is 18.5. The van der Waals surface area contributed by atoms with Gasteiger partial charge in [0.25, 0.3) is 5.69 Å². The lowest BCUT2D eigenvalue weighted by atomic mass is 10.1. The van der Waals surface area contributed by atoms with E-state index in [1.807, 2.05) is 0 Å². The van der Waals surface area contributed by atoms with Crippen LogP contribution >= 0.6 is 0 Å². The minimum absolute atomic E-state index is 0.150. The number of anilines is 2. The van der Waals surface area contributed by atoms with Gasteiger partial charge in [-0.15, -0.1) is 0 Å². The van der Waals surface area contributed by atoms with E-state index >= 15 is 0 Å². The Morgan fingerprint density at radius 3 is 2.62 bits per heavy atom. The highest BCUT2D eigenvalue weighted by atomic mass is 16.6. The van der Waals surface area contributed by atoms with Crippen molar-refractivity contribution in [1.29, 1.82) is 5.41 Å². The van der Waals surface area contributed by atoms with E-state index in [0.717, 1.165) is 6.21 Å². The Kier molecular flexibility index (Phi) is 6.10. The van der Waals surface area contributed by atoms with Crippen LogP contribution in [0.4, 0.5) is 21.9 Å². The Labute approximate surface area is 140 Å². The van der Waals surface area contributed by atoms with Crippen LogP contribution in [0.3, 0.4) is 0 Å². The van der Waals surface area contributed by atoms with E-state index in [1.165, 1.54) is 12.1 Å². The normalized spacial score (nSPS) is 10.8. The molecule has 0 saturated carbocycles. The van der Waals surface area contributed by atoms with Gasteiger partial charge in [0.2, 0.25) is 0 Å². The molecule has 132 valence electrons. The predicted octanol–water partition coefficient (Wildman–Crippen LogP) is 2.14. The lowest BCUT2D eigenvalue weighted by Crippen LogP contribution is -2.37. The van der Waals surface area contributed by atoms with E-state index in [2.05, 4.69) is 5.32 Å². The third-order valence-electron chi connectivity index (χ3n) is 3.06. The zero-order valence-corrected chi connectivity index (χ0v) is 14.3. The maximum absolute atomic E-state index is 11.6. The molecule has 0 aliphatic heterocycles. The maximum Gasteiger partial charge on any atom is 0.407 e. The molecule has 0 aliphatic carbocycles. The van der Waals surface area contributed by atoms with Gasteiger partial charge in [0.15, 0.2) is 0 Å². The van der Waals surface area contributed by atoms with Crippen molar-refractivity contribution < 1.29 is 14.5 Å². The van der Waals surface area contributed by atoms with Gasteiger partial charge in [0, 0.05) is 43.7 Å². The number of nitrogens with zero attached hydrogens (tertiary/aromatic N) is 2. The van der Waals surface area contributed by atoms with Crippen LogP contribution in [0.15, 0.2) is 12.1 Å². The monoisotopic (exact) mass is 337 g/mol. The molecule has 1 amide bonds. The lowest BCUT2D eigenvalue weighted by molar-refractivity contribution is -0.384. The molecule has 4 N–H and O–H groups in total. The van der Waals surface area contributed by atoms with E-state index in [9.17, 15) is 14.9 Å². The van der Waals surface area contributed by atoms with Crippen molar-refractivity contribution in [3.63, 3.8) is 0 Å². The van der Waals surface area contributed by atoms with E-state index in [-0.39, 0.29) is 23.5 Å². The SMILES string of the molecule is CN(CCNC(=O)OC(C)(C)C)c1cc(N)c(C=N)cc1[N+](=O)[O-]. The van der Waals surface area contributed by atoms with E-state index in [1.54, 1.807) is 32.7 Å². The number of carbonyl (C=O) groups excluding carboxylic acids is 1. The number of nitrogens with two attached hydrogens (primary N) is 1. The Hall–Kier alpha value is -2.84. The van der Waals surface area contributed by atoms with Crippen LogP contribution in [0.5, 0.6) is 0 Å². The Bertz CT molecular complexity index is 639. The van der Waals surface area contributed by atoms with Gasteiger partial charge in [-0.1, -0.05) is 0 Å². The number of carbonyl (C=O) groups is 1. The number of benzene rings is 1. The second-order valence-electron chi connectivity index (χ2n) is 6.22. The predicted molar refractivity (Wildman–Crippen MR) is 92.9 cm³/mol. The molecule has 0 spiro atoms. The van der Waals surface area contributed by atoms with E-state index in [4.69, 9.17) is 15.9 Å². The van der Waals surface area contributed by atoms with Crippen molar-refractivity contribution in [2.45, 2.75) is 26.4 Å². The van der Waals surface area contributed by atoms with Gasteiger partial charge in [-0.25, -0.2) is 4.79 Å². The van der Waals surface area contributed by atoms with Crippen LogP contribution in [-0.2, 0) is 4.74 Å². The molecule has 0 radical (unpaired) electrons. The van der Waals surface area contributed by atoms with Gasteiger partial charge >= 0.3 is 6.09 Å². The first-order chi connectivity index (χ1) is 11.0. The van der Waals surface area contributed by atoms with Crippen molar-refractivity contribution in [2.24, 2.45) is 0 Å². The summed E-state index contributed by atoms with van der Waals surface area (Å²) < 4.78 is 5.11. The smallest absolute Gasteiger partial charge is 0.407 e. The molecular formula is C15H23N5O4. The van der Waals surface area contributed by atoms with Crippen LogP contribution in [-0.4, -0.2) is 43.0 Å². The topological polar surface area (TPSA) is 135 Å². The summed E-state index contributed by atoms with van der Waals surface area (Å²) in [6.07, 6.45) is 0.417. The summed E-state index contributed by atoms with van der Waals surface area (Å²) in [6.45, 7) is 5.85. The third kappa shape index (κ3) is 5.41. The highest BCUT2D eigenvalue weighted by Gasteiger charge is 2.20. The van der Waals surface area contributed by atoms with Crippen LogP contribution in [0.2, 0.25) is 0 Å². The van der Waals surface area contributed by atoms with Crippen molar-refractivity contribution in [1.82, 2.24) is 5.32 Å². The second-order valence-corrected chi connectivity index (χ2v) is 6.22. The van der Waals surface area contributed by atoms with Crippen LogP contribution in [0.1, 0.15) is 26.3 Å². The second kappa shape index (κ2) is 7.62. The van der Waals surface area contributed by atoms with Crippen LogP contribution in [0, 0.1) is 15.5 Å². The van der Waals surface area contributed by atoms with Gasteiger partial charge in [0.1, 0.15) is 11.3 Å². The first-order valence-corrected chi connectivity index (χ1v) is 7.31. The molecule has 9 nitrogen and oxygen atoms in total. The summed E-state index contributed by atoms with van der Waals surface area (Å²) in [5.41, 5.74) is 5.93. The molecule has 0 saturated heterocycles. The summed E-state index contributed by atoms with van der Waals surface area (Å²) in [4.78, 5) is 23.9. The Morgan fingerprint density at radius 2 is 2.12 bits per heavy atom. The molecule has 9 heteroatoms. The fraction of sp³-hybridized carbons (Fsp3) is 0.467. The number of nitrogen functional groups attached to an aromatic ring is 1. The molecule has 1 aromatic carbocycles. The molecule has 1 rings (SSSR count). The number of hydrogen-bond acceptors (Lipinski definition) is 7. The molecule has 0 aromatic heterocycles. The average Bonchev–Trinajstić information content (AvgIpc) is 2.44. The summed E-state index contributed by atoms with van der Waals surface area (Å²) in [7, 11) is 1.66. The zero-order valence-electron chi connectivity index (χ0n) is 14.3. The standard InChI is InChI=1S/C15H23N5O4/c1-15(2,3)24-14(21)18-5-6-19(4)12-8-11(17)10(9-16)7-13(12)20(22)23/h7-9,16H,5-6,17H2,1-4H3,(H,18,21). The van der Waals surface area contributed by atoms with Crippen molar-refractivity contribution in [3.05, 3.63) is 27.8 Å². The lowest BCUT2D eigenvalue weighted by Gasteiger charge is -2.22. The van der Waals surface area contributed by atoms with Gasteiger partial charge in [-0.3, -0.25) is 10.1 Å². The summed E-state index contributed by atoms with van der Waals surface area (Å²) >= 11 is 0. The molecule has 0 aliphatic rings. The molecule has 24 heavy (non-hydrogen) atoms. The molecular weight excluding hydrogens is 314 g/mol. The number of ether oxygens (including phenoxy) is 1. The number of nitro groups is 1. The molecule has 1 aromatic rings. The molecule has 0 bridgehead atoms. The fourth-order valence-electron chi connectivity index (χ4n) is 1.95. The third-order valence-corrected chi connectivity index (χ3v) is 3.06. The number of likely N-dealkylation sites (N-methyl/N-ethyl adjacent to an activating group) is 1. The first-order valence-electron chi connectivity index (χ1n) is 7.31. The number of alkyl carbamates (subject to hydrolysis) is 1. The van der Waals surface area contributed by atoms with Crippen molar-refractivity contribution >= 4 is 29.4 Å². The average molecular weight is 337 g/mol. The maximum atomic E-state index is 11.6. The van der Waals surface area contributed by atoms with E-state index in [0.29, 0.717) is 12.2 Å². The number of hydrogen-bond donors (Lipinski definition) is 3. The number of nitro benzene ring substituents is 1. The molecule has 0 fully saturated rings. The molecule has 0 unspecified atom stereocenters. The minimum atomic E-state index is -0.591. The quantitative estimate of drug-likeness (QED) is 0.315. The first kappa shape index (κ1) is 19.2. The van der Waals surface area contributed by atoms with Gasteiger partial charge in [0.05, 0.1) is 4.92 Å². The Balaban J connectivity index is 2.79. The van der Waals surface area contributed by atoms with Gasteiger partial charge in [-0.2, -0.15) is 0 Å². The minimum Gasteiger partial charge on any atom is -0.444 e. The summed E-state index contributed by atoms with van der Waals surface area (Å²) in [5, 5.41) is 21.0. The van der Waals surface area contributed by atoms with Crippen molar-refractivity contribution in [2.75, 3.05) is 30.8 Å². The highest BCUT2D eigenvalue weighted by Crippen LogP contribution is 2.31. The molecule has 0 heterocycles. The highest BCUT2D eigenvalue weighted by molar-refractivity contribution is 5.89. The number of amides is 1. The number of nitrogens with one attached hydrogen (secondary N) is 2. The summed E-state index contributed by atoms with van der Waals surface area (Å²) in [6, 6.07) is 2.71. The van der Waals surface area contributed by atoms with Crippen molar-refractivity contribution in [3.8, 4) is 0 Å². The Morgan fingerprint density at radius 1 is 1.50 bits per heavy atom.